The highest BCUT2D eigenvalue weighted by atomic mass is 35.5. The smallest absolute Gasteiger partial charge is 0.108 e. The zero-order valence-electron chi connectivity index (χ0n) is 9.50. The molecule has 4 heteroatoms. The van der Waals surface area contributed by atoms with Crippen LogP contribution in [0.25, 0.3) is 0 Å². The molecule has 2 heterocycles. The minimum Gasteiger partial charge on any atom is -0.363 e. The average molecular weight is 235 g/mol. The molecule has 3 unspecified atom stereocenters. The molecule has 0 aliphatic carbocycles. The summed E-state index contributed by atoms with van der Waals surface area (Å²) in [5.74, 6) is 1.49. The Balaban J connectivity index is 0.00000112. The number of ether oxygens (including phenoxy) is 1. The van der Waals surface area contributed by atoms with E-state index in [4.69, 9.17) is 4.74 Å². The molecule has 90 valence electrons. The van der Waals surface area contributed by atoms with Crippen LogP contribution in [0.3, 0.4) is 0 Å². The van der Waals surface area contributed by atoms with E-state index in [1.807, 2.05) is 0 Å². The number of halogens is 1. The van der Waals surface area contributed by atoms with E-state index in [0.29, 0.717) is 12.1 Å². The van der Waals surface area contributed by atoms with Crippen molar-refractivity contribution in [3.05, 3.63) is 0 Å². The van der Waals surface area contributed by atoms with Crippen molar-refractivity contribution in [2.24, 2.45) is 11.8 Å². The minimum atomic E-state index is 0. The second-order valence-corrected chi connectivity index (χ2v) is 4.78. The van der Waals surface area contributed by atoms with Crippen molar-refractivity contribution in [3.8, 4) is 0 Å². The van der Waals surface area contributed by atoms with E-state index < -0.39 is 0 Å². The Labute approximate surface area is 98.7 Å². The van der Waals surface area contributed by atoms with E-state index in [-0.39, 0.29) is 12.4 Å². The van der Waals surface area contributed by atoms with Gasteiger partial charge in [-0.2, -0.15) is 0 Å². The fourth-order valence-electron chi connectivity index (χ4n) is 2.31. The van der Waals surface area contributed by atoms with E-state index in [9.17, 15) is 0 Å². The van der Waals surface area contributed by atoms with Gasteiger partial charge in [0.25, 0.3) is 0 Å². The summed E-state index contributed by atoms with van der Waals surface area (Å²) >= 11 is 0. The molecule has 0 radical (unpaired) electrons. The molecule has 2 saturated heterocycles. The lowest BCUT2D eigenvalue weighted by molar-refractivity contribution is -0.0373. The summed E-state index contributed by atoms with van der Waals surface area (Å²) in [5.41, 5.74) is 0. The fourth-order valence-corrected chi connectivity index (χ4v) is 2.31. The van der Waals surface area contributed by atoms with Gasteiger partial charge in [-0.15, -0.1) is 12.4 Å². The first-order valence-corrected chi connectivity index (χ1v) is 5.90. The summed E-state index contributed by atoms with van der Waals surface area (Å²) in [7, 11) is 0. The molecule has 2 aliphatic rings. The zero-order valence-corrected chi connectivity index (χ0v) is 10.3. The maximum Gasteiger partial charge on any atom is 0.108 e. The first kappa shape index (κ1) is 13.2. The standard InChI is InChI=1S/C11H22N2O.ClH/c1-9-6-13-11(14-8-9)5-10-3-2-4-12-7-10;/h9-13H,2-8H2,1H3;1H. The molecule has 2 aliphatic heterocycles. The fraction of sp³-hybridized carbons (Fsp3) is 1.00. The third-order valence-electron chi connectivity index (χ3n) is 3.22. The van der Waals surface area contributed by atoms with Crippen LogP contribution in [-0.2, 0) is 4.74 Å². The van der Waals surface area contributed by atoms with Gasteiger partial charge in [0.1, 0.15) is 6.23 Å². The summed E-state index contributed by atoms with van der Waals surface area (Å²) in [4.78, 5) is 0. The summed E-state index contributed by atoms with van der Waals surface area (Å²) in [5, 5.41) is 6.92. The Morgan fingerprint density at radius 3 is 2.80 bits per heavy atom. The zero-order chi connectivity index (χ0) is 9.80. The van der Waals surface area contributed by atoms with Crippen molar-refractivity contribution < 1.29 is 4.74 Å². The van der Waals surface area contributed by atoms with Gasteiger partial charge in [-0.3, -0.25) is 5.32 Å². The molecule has 0 aromatic rings. The monoisotopic (exact) mass is 234 g/mol. The molecular weight excluding hydrogens is 212 g/mol. The van der Waals surface area contributed by atoms with Gasteiger partial charge in [-0.25, -0.2) is 0 Å². The van der Waals surface area contributed by atoms with E-state index in [1.165, 1.54) is 32.4 Å². The van der Waals surface area contributed by atoms with Gasteiger partial charge in [0.05, 0.1) is 6.61 Å². The Hall–Kier alpha value is 0.170. The van der Waals surface area contributed by atoms with Gasteiger partial charge < -0.3 is 10.1 Å². The highest BCUT2D eigenvalue weighted by molar-refractivity contribution is 5.85. The predicted octanol–water partition coefficient (Wildman–Crippen LogP) is 1.38. The predicted molar refractivity (Wildman–Crippen MR) is 64.4 cm³/mol. The van der Waals surface area contributed by atoms with Gasteiger partial charge in [-0.1, -0.05) is 6.92 Å². The molecule has 2 fully saturated rings. The topological polar surface area (TPSA) is 33.3 Å². The molecule has 2 rings (SSSR count). The highest BCUT2D eigenvalue weighted by Gasteiger charge is 2.22. The van der Waals surface area contributed by atoms with Crippen molar-refractivity contribution in [2.45, 2.75) is 32.4 Å². The van der Waals surface area contributed by atoms with Crippen molar-refractivity contribution in [1.29, 1.82) is 0 Å². The summed E-state index contributed by atoms with van der Waals surface area (Å²) in [6.07, 6.45) is 4.19. The van der Waals surface area contributed by atoms with Crippen LogP contribution in [0.5, 0.6) is 0 Å². The van der Waals surface area contributed by atoms with Gasteiger partial charge >= 0.3 is 0 Å². The third-order valence-corrected chi connectivity index (χ3v) is 3.22. The van der Waals surface area contributed by atoms with Crippen LogP contribution in [0.4, 0.5) is 0 Å². The van der Waals surface area contributed by atoms with Crippen molar-refractivity contribution in [3.63, 3.8) is 0 Å². The third kappa shape index (κ3) is 4.27. The number of hydrogen-bond acceptors (Lipinski definition) is 3. The summed E-state index contributed by atoms with van der Waals surface area (Å²) < 4.78 is 5.75. The largest absolute Gasteiger partial charge is 0.363 e. The SMILES string of the molecule is CC1CNC(CC2CCCNC2)OC1.Cl. The van der Waals surface area contributed by atoms with E-state index in [0.717, 1.165) is 19.1 Å². The molecule has 0 aromatic carbocycles. The normalized spacial score (nSPS) is 37.0. The van der Waals surface area contributed by atoms with Crippen molar-refractivity contribution in [1.82, 2.24) is 10.6 Å². The lowest BCUT2D eigenvalue weighted by Gasteiger charge is -2.32. The number of nitrogens with one attached hydrogen (secondary N) is 2. The van der Waals surface area contributed by atoms with Gasteiger partial charge in [-0.05, 0) is 44.2 Å². The summed E-state index contributed by atoms with van der Waals surface area (Å²) in [6, 6.07) is 0. The van der Waals surface area contributed by atoms with Gasteiger partial charge in [0.2, 0.25) is 0 Å². The van der Waals surface area contributed by atoms with Crippen molar-refractivity contribution >= 4 is 12.4 Å². The molecule has 0 saturated carbocycles. The van der Waals surface area contributed by atoms with E-state index in [1.54, 1.807) is 0 Å². The Morgan fingerprint density at radius 1 is 1.33 bits per heavy atom. The highest BCUT2D eigenvalue weighted by Crippen LogP contribution is 2.18. The lowest BCUT2D eigenvalue weighted by Crippen LogP contribution is -2.45. The molecule has 15 heavy (non-hydrogen) atoms. The van der Waals surface area contributed by atoms with E-state index >= 15 is 0 Å². The average Bonchev–Trinajstić information content (AvgIpc) is 2.23. The van der Waals surface area contributed by atoms with Crippen LogP contribution in [0.15, 0.2) is 0 Å². The molecule has 0 amide bonds. The molecule has 0 aromatic heterocycles. The number of piperidine rings is 1. The lowest BCUT2D eigenvalue weighted by atomic mass is 9.95. The van der Waals surface area contributed by atoms with E-state index in [2.05, 4.69) is 17.6 Å². The molecule has 0 spiro atoms. The summed E-state index contributed by atoms with van der Waals surface area (Å²) in [6.45, 7) is 6.65. The first-order valence-electron chi connectivity index (χ1n) is 5.90. The Morgan fingerprint density at radius 2 is 2.20 bits per heavy atom. The minimum absolute atomic E-state index is 0. The molecular formula is C11H23ClN2O. The Kier molecular flexibility index (Phi) is 5.90. The maximum atomic E-state index is 5.75. The molecule has 2 N–H and O–H groups in total. The van der Waals surface area contributed by atoms with Gasteiger partial charge in [0, 0.05) is 6.54 Å². The quantitative estimate of drug-likeness (QED) is 0.758. The Bertz CT molecular complexity index is 166. The molecule has 3 nitrogen and oxygen atoms in total. The van der Waals surface area contributed by atoms with Crippen LogP contribution in [0, 0.1) is 11.8 Å². The second kappa shape index (κ2) is 6.69. The second-order valence-electron chi connectivity index (χ2n) is 4.78. The van der Waals surface area contributed by atoms with Crippen LogP contribution >= 0.6 is 12.4 Å². The van der Waals surface area contributed by atoms with Gasteiger partial charge in [0.15, 0.2) is 0 Å². The molecule has 0 bridgehead atoms. The first-order chi connectivity index (χ1) is 6.84. The number of rotatable bonds is 2. The number of hydrogen-bond donors (Lipinski definition) is 2. The van der Waals surface area contributed by atoms with Crippen LogP contribution < -0.4 is 10.6 Å². The van der Waals surface area contributed by atoms with Crippen molar-refractivity contribution in [2.75, 3.05) is 26.2 Å². The molecule has 3 atom stereocenters. The van der Waals surface area contributed by atoms with Crippen LogP contribution in [0.2, 0.25) is 0 Å². The maximum absolute atomic E-state index is 5.75. The van der Waals surface area contributed by atoms with Crippen LogP contribution in [0.1, 0.15) is 26.2 Å². The van der Waals surface area contributed by atoms with Crippen LogP contribution in [-0.4, -0.2) is 32.5 Å².